The van der Waals surface area contributed by atoms with E-state index in [9.17, 15) is 13.2 Å². The zero-order valence-electron chi connectivity index (χ0n) is 10.7. The molecule has 0 bridgehead atoms. The lowest BCUT2D eigenvalue weighted by Gasteiger charge is -2.17. The molecule has 0 unspecified atom stereocenters. The summed E-state index contributed by atoms with van der Waals surface area (Å²) in [5.74, 6) is 0. The summed E-state index contributed by atoms with van der Waals surface area (Å²) in [6.07, 6.45) is -4.48. The van der Waals surface area contributed by atoms with Gasteiger partial charge in [-0.3, -0.25) is 0 Å². The first-order valence-corrected chi connectivity index (χ1v) is 7.31. The maximum absolute atomic E-state index is 13.1. The van der Waals surface area contributed by atoms with Gasteiger partial charge >= 0.3 is 6.18 Å². The topological polar surface area (TPSA) is 24.9 Å². The molecule has 0 atom stereocenters. The highest BCUT2D eigenvalue weighted by Gasteiger charge is 2.36. The monoisotopic (exact) mass is 414 g/mol. The summed E-state index contributed by atoms with van der Waals surface area (Å²) in [5.41, 5.74) is -0.0276. The average molecular weight is 415 g/mol. The van der Waals surface area contributed by atoms with Gasteiger partial charge in [-0.15, -0.1) is 0 Å². The molecular weight excluding hydrogens is 404 g/mol. The molecule has 0 saturated heterocycles. The van der Waals surface area contributed by atoms with Crippen molar-refractivity contribution in [3.05, 3.63) is 32.0 Å². The van der Waals surface area contributed by atoms with Crippen LogP contribution in [-0.4, -0.2) is 11.5 Å². The minimum absolute atomic E-state index is 0.0879. The molecule has 0 saturated carbocycles. The highest BCUT2D eigenvalue weighted by Crippen LogP contribution is 2.39. The van der Waals surface area contributed by atoms with Gasteiger partial charge in [-0.25, -0.2) is 4.98 Å². The van der Waals surface area contributed by atoms with Gasteiger partial charge in [0, 0.05) is 31.8 Å². The summed E-state index contributed by atoms with van der Waals surface area (Å²) in [5, 5.41) is 4.06. The molecule has 0 fully saturated rings. The molecule has 0 amide bonds. The Hall–Kier alpha value is -0.760. The minimum atomic E-state index is -4.48. The predicted octanol–water partition coefficient (Wildman–Crippen LogP) is 5.25. The third kappa shape index (κ3) is 2.81. The van der Waals surface area contributed by atoms with E-state index in [1.807, 2.05) is 29.5 Å². The first-order valence-electron chi connectivity index (χ1n) is 5.86. The average Bonchev–Trinajstić information content (AvgIpc) is 2.31. The van der Waals surface area contributed by atoms with Crippen molar-refractivity contribution in [2.45, 2.75) is 20.0 Å². The number of fused-ring (bicyclic) bond motifs is 1. The molecule has 0 aliphatic heterocycles. The molecule has 0 radical (unpaired) electrons. The summed E-state index contributed by atoms with van der Waals surface area (Å²) >= 11 is 7.94. The van der Waals surface area contributed by atoms with Crippen molar-refractivity contribution < 1.29 is 13.2 Å². The van der Waals surface area contributed by atoms with Gasteiger partial charge < -0.3 is 5.32 Å². The van der Waals surface area contributed by atoms with Crippen LogP contribution in [0.25, 0.3) is 10.9 Å². The maximum Gasteiger partial charge on any atom is 0.433 e. The highest BCUT2D eigenvalue weighted by atomic mass is 127. The van der Waals surface area contributed by atoms with Gasteiger partial charge in [-0.1, -0.05) is 11.6 Å². The van der Waals surface area contributed by atoms with Crippen molar-refractivity contribution in [3.63, 3.8) is 0 Å². The number of nitrogens with one attached hydrogen (secondary N) is 1. The number of hydrogen-bond donors (Lipinski definition) is 1. The van der Waals surface area contributed by atoms with E-state index in [0.29, 0.717) is 31.7 Å². The molecule has 7 heteroatoms. The van der Waals surface area contributed by atoms with Crippen LogP contribution >= 0.6 is 34.2 Å². The van der Waals surface area contributed by atoms with Gasteiger partial charge in [0.05, 0.1) is 5.52 Å². The molecule has 20 heavy (non-hydrogen) atoms. The number of anilines is 1. The molecule has 0 aliphatic rings. The second kappa shape index (κ2) is 5.55. The molecular formula is C13H11ClF3IN2. The first-order chi connectivity index (χ1) is 9.25. The number of pyridine rings is 1. The largest absolute Gasteiger partial charge is 0.433 e. The molecule has 1 N–H and O–H groups in total. The summed E-state index contributed by atoms with van der Waals surface area (Å²) in [7, 11) is 0. The standard InChI is InChI=1S/C13H11ClF3IN2/c1-3-19-10-6(2)12(13(15,16)17)20-11-8(10)4-7(14)5-9(11)18/h4-5H,3H2,1-2H3,(H,19,20). The fraction of sp³-hybridized carbons (Fsp3) is 0.308. The van der Waals surface area contributed by atoms with E-state index in [4.69, 9.17) is 11.6 Å². The van der Waals surface area contributed by atoms with E-state index in [1.54, 1.807) is 12.1 Å². The summed E-state index contributed by atoms with van der Waals surface area (Å²) < 4.78 is 39.9. The second-order valence-electron chi connectivity index (χ2n) is 4.27. The van der Waals surface area contributed by atoms with Gasteiger partial charge in [-0.05, 0) is 48.6 Å². The lowest BCUT2D eigenvalue weighted by Crippen LogP contribution is -2.14. The third-order valence-corrected chi connectivity index (χ3v) is 3.91. The van der Waals surface area contributed by atoms with Gasteiger partial charge in [0.2, 0.25) is 0 Å². The number of halogens is 5. The van der Waals surface area contributed by atoms with Crippen molar-refractivity contribution in [1.29, 1.82) is 0 Å². The fourth-order valence-electron chi connectivity index (χ4n) is 2.07. The molecule has 0 spiro atoms. The van der Waals surface area contributed by atoms with Crippen molar-refractivity contribution in [2.24, 2.45) is 0 Å². The Kier molecular flexibility index (Phi) is 4.34. The van der Waals surface area contributed by atoms with E-state index in [-0.39, 0.29) is 5.56 Å². The normalized spacial score (nSPS) is 11.9. The highest BCUT2D eigenvalue weighted by molar-refractivity contribution is 14.1. The zero-order valence-corrected chi connectivity index (χ0v) is 13.6. The molecule has 2 rings (SSSR count). The molecule has 2 nitrogen and oxygen atoms in total. The summed E-state index contributed by atoms with van der Waals surface area (Å²) in [4.78, 5) is 3.80. The third-order valence-electron chi connectivity index (χ3n) is 2.87. The summed E-state index contributed by atoms with van der Waals surface area (Å²) in [6, 6.07) is 3.24. The van der Waals surface area contributed by atoms with Gasteiger partial charge in [0.25, 0.3) is 0 Å². The Morgan fingerprint density at radius 3 is 2.55 bits per heavy atom. The lowest BCUT2D eigenvalue weighted by molar-refractivity contribution is -0.141. The molecule has 1 heterocycles. The van der Waals surface area contributed by atoms with E-state index in [0.717, 1.165) is 0 Å². The Bertz CT molecular complexity index is 671. The molecule has 0 aliphatic carbocycles. The molecule has 1 aromatic carbocycles. The van der Waals surface area contributed by atoms with Crippen molar-refractivity contribution in [3.8, 4) is 0 Å². The molecule has 108 valence electrons. The predicted molar refractivity (Wildman–Crippen MR) is 83.4 cm³/mol. The van der Waals surface area contributed by atoms with Crippen LogP contribution in [0.2, 0.25) is 5.02 Å². The van der Waals surface area contributed by atoms with Crippen LogP contribution < -0.4 is 5.32 Å². The van der Waals surface area contributed by atoms with Gasteiger partial charge in [0.1, 0.15) is 5.69 Å². The number of aromatic nitrogens is 1. The van der Waals surface area contributed by atoms with Crippen molar-refractivity contribution >= 4 is 50.8 Å². The van der Waals surface area contributed by atoms with Crippen LogP contribution in [0.1, 0.15) is 18.2 Å². The number of alkyl halides is 3. The first kappa shape index (κ1) is 15.6. The Balaban J connectivity index is 2.91. The van der Waals surface area contributed by atoms with E-state index < -0.39 is 11.9 Å². The SMILES string of the molecule is CCNc1c(C)c(C(F)(F)F)nc2c(I)cc(Cl)cc12. The van der Waals surface area contributed by atoms with Crippen LogP contribution in [0.4, 0.5) is 18.9 Å². The smallest absolute Gasteiger partial charge is 0.385 e. The number of rotatable bonds is 2. The Morgan fingerprint density at radius 1 is 1.35 bits per heavy atom. The van der Waals surface area contributed by atoms with Crippen LogP contribution in [0.3, 0.4) is 0 Å². The van der Waals surface area contributed by atoms with Crippen LogP contribution in [0.5, 0.6) is 0 Å². The summed E-state index contributed by atoms with van der Waals surface area (Å²) in [6.45, 7) is 3.76. The Labute approximate surface area is 132 Å². The maximum atomic E-state index is 13.1. The van der Waals surface area contributed by atoms with Gasteiger partial charge in [-0.2, -0.15) is 13.2 Å². The number of nitrogens with zero attached hydrogens (tertiary/aromatic N) is 1. The van der Waals surface area contributed by atoms with Crippen LogP contribution in [0, 0.1) is 10.5 Å². The van der Waals surface area contributed by atoms with Crippen LogP contribution in [-0.2, 0) is 6.18 Å². The van der Waals surface area contributed by atoms with E-state index in [2.05, 4.69) is 10.3 Å². The van der Waals surface area contributed by atoms with Crippen LogP contribution in [0.15, 0.2) is 12.1 Å². The van der Waals surface area contributed by atoms with E-state index >= 15 is 0 Å². The fourth-order valence-corrected chi connectivity index (χ4v) is 3.22. The quantitative estimate of drug-likeness (QED) is 0.679. The number of hydrogen-bond acceptors (Lipinski definition) is 2. The second-order valence-corrected chi connectivity index (χ2v) is 5.87. The van der Waals surface area contributed by atoms with Crippen molar-refractivity contribution in [2.75, 3.05) is 11.9 Å². The number of benzene rings is 1. The lowest BCUT2D eigenvalue weighted by atomic mass is 10.1. The molecule has 1 aromatic heterocycles. The van der Waals surface area contributed by atoms with Gasteiger partial charge in [0.15, 0.2) is 0 Å². The minimum Gasteiger partial charge on any atom is -0.385 e. The molecule has 2 aromatic rings. The zero-order chi connectivity index (χ0) is 15.1. The van der Waals surface area contributed by atoms with Crippen molar-refractivity contribution in [1.82, 2.24) is 4.98 Å². The van der Waals surface area contributed by atoms with E-state index in [1.165, 1.54) is 6.92 Å². The Morgan fingerprint density at radius 2 is 2.00 bits per heavy atom.